The van der Waals surface area contributed by atoms with E-state index in [9.17, 15) is 9.59 Å². The van der Waals surface area contributed by atoms with Crippen LogP contribution in [0.4, 0.5) is 0 Å². The van der Waals surface area contributed by atoms with Crippen molar-refractivity contribution in [2.24, 2.45) is 5.92 Å². The number of aromatic nitrogens is 2. The van der Waals surface area contributed by atoms with Gasteiger partial charge >= 0.3 is 5.97 Å². The average Bonchev–Trinajstić information content (AvgIpc) is 2.71. The molecule has 8 heteroatoms. The zero-order valence-electron chi connectivity index (χ0n) is 17.3. The van der Waals surface area contributed by atoms with Crippen LogP contribution in [0.2, 0.25) is 0 Å². The van der Waals surface area contributed by atoms with Crippen LogP contribution in [0.3, 0.4) is 0 Å². The second-order valence-electron chi connectivity index (χ2n) is 7.65. The summed E-state index contributed by atoms with van der Waals surface area (Å²) in [7, 11) is 1.35. The molecule has 158 valence electrons. The van der Waals surface area contributed by atoms with Gasteiger partial charge in [-0.2, -0.15) is 0 Å². The summed E-state index contributed by atoms with van der Waals surface area (Å²) in [5.41, 5.74) is 0.535. The molecule has 1 aliphatic heterocycles. The summed E-state index contributed by atoms with van der Waals surface area (Å²) >= 11 is 1.51. The Kier molecular flexibility index (Phi) is 7.69. The van der Waals surface area contributed by atoms with Gasteiger partial charge in [-0.3, -0.25) is 19.1 Å². The van der Waals surface area contributed by atoms with Crippen LogP contribution in [0.1, 0.15) is 20.3 Å². The number of carbonyl (C=O) groups is 1. The SMILES string of the molecule is COC(=O)CCn1c(SC[C@@H]2CN(CC(C)C)CCO2)nc2ccccc2c1=O. The number of ether oxygens (including phenoxy) is 2. The number of morpholine rings is 1. The number of methoxy groups -OCH3 is 1. The molecule has 0 unspecified atom stereocenters. The number of fused-ring (bicyclic) bond motifs is 1. The molecule has 2 aromatic rings. The molecule has 0 radical (unpaired) electrons. The first-order chi connectivity index (χ1) is 14.0. The van der Waals surface area contributed by atoms with Crippen molar-refractivity contribution in [2.45, 2.75) is 38.1 Å². The lowest BCUT2D eigenvalue weighted by Crippen LogP contribution is -2.44. The smallest absolute Gasteiger partial charge is 0.307 e. The Morgan fingerprint density at radius 1 is 1.38 bits per heavy atom. The zero-order chi connectivity index (χ0) is 20.8. The van der Waals surface area contributed by atoms with E-state index >= 15 is 0 Å². The van der Waals surface area contributed by atoms with E-state index in [0.29, 0.717) is 27.7 Å². The van der Waals surface area contributed by atoms with Crippen molar-refractivity contribution < 1.29 is 14.3 Å². The summed E-state index contributed by atoms with van der Waals surface area (Å²) in [5.74, 6) is 0.977. The molecule has 0 saturated carbocycles. The standard InChI is InChI=1S/C21H29N3O4S/c1-15(2)12-23-10-11-28-16(13-23)14-29-21-22-18-7-5-4-6-17(18)20(26)24(21)9-8-19(25)27-3/h4-7,15-16H,8-14H2,1-3H3/t16-/m0/s1. The number of rotatable bonds is 8. The van der Waals surface area contributed by atoms with Gasteiger partial charge in [-0.15, -0.1) is 0 Å². The molecule has 0 bridgehead atoms. The van der Waals surface area contributed by atoms with Crippen LogP contribution in [0, 0.1) is 5.92 Å². The molecular weight excluding hydrogens is 390 g/mol. The maximum Gasteiger partial charge on any atom is 0.307 e. The molecule has 1 saturated heterocycles. The Morgan fingerprint density at radius 2 is 2.17 bits per heavy atom. The van der Waals surface area contributed by atoms with E-state index in [4.69, 9.17) is 14.5 Å². The summed E-state index contributed by atoms with van der Waals surface area (Å²) in [6.07, 6.45) is 0.219. The largest absolute Gasteiger partial charge is 0.469 e. The average molecular weight is 420 g/mol. The second kappa shape index (κ2) is 10.2. The number of hydrogen-bond donors (Lipinski definition) is 0. The third kappa shape index (κ3) is 5.81. The molecule has 1 aliphatic rings. The first-order valence-electron chi connectivity index (χ1n) is 10.0. The molecular formula is C21H29N3O4S. The summed E-state index contributed by atoms with van der Waals surface area (Å²) in [6.45, 7) is 8.30. The molecule has 0 amide bonds. The van der Waals surface area contributed by atoms with Gasteiger partial charge in [-0.25, -0.2) is 4.98 Å². The number of benzene rings is 1. The lowest BCUT2D eigenvalue weighted by Gasteiger charge is -2.33. The highest BCUT2D eigenvalue weighted by Gasteiger charge is 2.22. The summed E-state index contributed by atoms with van der Waals surface area (Å²) in [5, 5.41) is 1.17. The zero-order valence-corrected chi connectivity index (χ0v) is 18.1. The fourth-order valence-corrected chi connectivity index (χ4v) is 4.52. The third-order valence-electron chi connectivity index (χ3n) is 4.84. The molecule has 2 heterocycles. The number of nitrogens with zero attached hydrogens (tertiary/aromatic N) is 3. The van der Waals surface area contributed by atoms with E-state index in [2.05, 4.69) is 18.7 Å². The second-order valence-corrected chi connectivity index (χ2v) is 8.64. The maximum atomic E-state index is 13.0. The van der Waals surface area contributed by atoms with Gasteiger partial charge in [0.1, 0.15) is 0 Å². The summed E-state index contributed by atoms with van der Waals surface area (Å²) in [6, 6.07) is 7.30. The number of hydrogen-bond acceptors (Lipinski definition) is 7. The van der Waals surface area contributed by atoms with Gasteiger partial charge in [0.05, 0.1) is 37.1 Å². The fourth-order valence-electron chi connectivity index (χ4n) is 3.49. The number of thioether (sulfide) groups is 1. The Labute approximate surface area is 175 Å². The van der Waals surface area contributed by atoms with Crippen LogP contribution >= 0.6 is 11.8 Å². The van der Waals surface area contributed by atoms with Gasteiger partial charge in [0.25, 0.3) is 5.56 Å². The van der Waals surface area contributed by atoms with Crippen molar-refractivity contribution in [3.05, 3.63) is 34.6 Å². The van der Waals surface area contributed by atoms with Gasteiger partial charge in [0.2, 0.25) is 0 Å². The molecule has 0 aliphatic carbocycles. The van der Waals surface area contributed by atoms with Crippen LogP contribution in [-0.4, -0.2) is 65.6 Å². The molecule has 1 aromatic heterocycles. The highest BCUT2D eigenvalue weighted by Crippen LogP contribution is 2.21. The van der Waals surface area contributed by atoms with Crippen molar-refractivity contribution in [2.75, 3.05) is 39.1 Å². The summed E-state index contributed by atoms with van der Waals surface area (Å²) in [4.78, 5) is 31.7. The highest BCUT2D eigenvalue weighted by molar-refractivity contribution is 7.99. The Hall–Kier alpha value is -1.90. The summed E-state index contributed by atoms with van der Waals surface area (Å²) < 4.78 is 12.2. The van der Waals surface area contributed by atoms with Crippen molar-refractivity contribution >= 4 is 28.6 Å². The van der Waals surface area contributed by atoms with Crippen LogP contribution < -0.4 is 5.56 Å². The molecule has 1 fully saturated rings. The van der Waals surface area contributed by atoms with E-state index in [1.165, 1.54) is 18.9 Å². The van der Waals surface area contributed by atoms with E-state index < -0.39 is 0 Å². The molecule has 1 aromatic carbocycles. The van der Waals surface area contributed by atoms with E-state index in [0.717, 1.165) is 26.2 Å². The minimum atomic E-state index is -0.346. The van der Waals surface area contributed by atoms with E-state index in [1.807, 2.05) is 18.2 Å². The van der Waals surface area contributed by atoms with Crippen LogP contribution in [0.25, 0.3) is 10.9 Å². The molecule has 7 nitrogen and oxygen atoms in total. The first-order valence-corrected chi connectivity index (χ1v) is 11.0. The van der Waals surface area contributed by atoms with Crippen molar-refractivity contribution in [3.8, 4) is 0 Å². The third-order valence-corrected chi connectivity index (χ3v) is 5.95. The molecule has 29 heavy (non-hydrogen) atoms. The minimum absolute atomic E-state index is 0.0879. The molecule has 3 rings (SSSR count). The maximum absolute atomic E-state index is 13.0. The number of carbonyl (C=O) groups excluding carboxylic acids is 1. The van der Waals surface area contributed by atoms with E-state index in [-0.39, 0.29) is 30.6 Å². The molecule has 1 atom stereocenters. The Bertz CT molecular complexity index is 899. The predicted molar refractivity (Wildman–Crippen MR) is 114 cm³/mol. The number of para-hydroxylation sites is 1. The van der Waals surface area contributed by atoms with Gasteiger partial charge < -0.3 is 9.47 Å². The highest BCUT2D eigenvalue weighted by atomic mass is 32.2. The Balaban J connectivity index is 1.78. The van der Waals surface area contributed by atoms with Crippen molar-refractivity contribution in [3.63, 3.8) is 0 Å². The quantitative estimate of drug-likeness (QED) is 0.370. The normalized spacial score (nSPS) is 17.7. The molecule has 0 spiro atoms. The van der Waals surface area contributed by atoms with Gasteiger partial charge in [0, 0.05) is 31.9 Å². The lowest BCUT2D eigenvalue weighted by atomic mass is 10.2. The number of esters is 1. The molecule has 0 N–H and O–H groups in total. The Morgan fingerprint density at radius 3 is 2.93 bits per heavy atom. The van der Waals surface area contributed by atoms with Crippen LogP contribution in [0.5, 0.6) is 0 Å². The minimum Gasteiger partial charge on any atom is -0.469 e. The van der Waals surface area contributed by atoms with Gasteiger partial charge in [-0.05, 0) is 18.1 Å². The fraction of sp³-hybridized carbons (Fsp3) is 0.571. The lowest BCUT2D eigenvalue weighted by molar-refractivity contribution is -0.140. The van der Waals surface area contributed by atoms with Crippen LogP contribution in [-0.2, 0) is 20.8 Å². The van der Waals surface area contributed by atoms with Crippen LogP contribution in [0.15, 0.2) is 34.2 Å². The van der Waals surface area contributed by atoms with Crippen molar-refractivity contribution in [1.82, 2.24) is 14.5 Å². The first kappa shape index (κ1) is 21.8. The topological polar surface area (TPSA) is 73.7 Å². The monoisotopic (exact) mass is 419 g/mol. The van der Waals surface area contributed by atoms with Gasteiger partial charge in [-0.1, -0.05) is 37.7 Å². The van der Waals surface area contributed by atoms with E-state index in [1.54, 1.807) is 10.6 Å². The van der Waals surface area contributed by atoms with Gasteiger partial charge in [0.15, 0.2) is 5.16 Å². The van der Waals surface area contributed by atoms with Crippen molar-refractivity contribution in [1.29, 1.82) is 0 Å². The predicted octanol–water partition coefficient (Wildman–Crippen LogP) is 2.41.